The number of aromatic amines is 1. The van der Waals surface area contributed by atoms with Crippen molar-refractivity contribution in [3.63, 3.8) is 0 Å². The highest BCUT2D eigenvalue weighted by Crippen LogP contribution is 2.28. The van der Waals surface area contributed by atoms with Gasteiger partial charge in [-0.15, -0.1) is 11.3 Å². The Kier molecular flexibility index (Phi) is 5.68. The molecule has 13 heteroatoms. The Bertz CT molecular complexity index is 1540. The van der Waals surface area contributed by atoms with Gasteiger partial charge in [0.2, 0.25) is 11.8 Å². The molecule has 1 aliphatic rings. The van der Waals surface area contributed by atoms with E-state index in [1.807, 2.05) is 6.92 Å². The number of hydrogen-bond acceptors (Lipinski definition) is 9. The summed E-state index contributed by atoms with van der Waals surface area (Å²) in [7, 11) is 0. The molecule has 0 saturated carbocycles. The molecule has 0 bridgehead atoms. The first-order valence-corrected chi connectivity index (χ1v) is 11.7. The van der Waals surface area contributed by atoms with E-state index in [0.29, 0.717) is 44.9 Å². The van der Waals surface area contributed by atoms with Crippen LogP contribution in [0, 0.1) is 6.92 Å². The van der Waals surface area contributed by atoms with Crippen LogP contribution in [0.4, 0.5) is 5.69 Å². The lowest BCUT2D eigenvalue weighted by Gasteiger charge is -2.24. The molecule has 1 aromatic carbocycles. The summed E-state index contributed by atoms with van der Waals surface area (Å²) in [6.45, 7) is 3.52. The molecule has 0 spiro atoms. The Hall–Kier alpha value is -4.26. The first-order chi connectivity index (χ1) is 16.9. The van der Waals surface area contributed by atoms with Gasteiger partial charge in [0, 0.05) is 6.42 Å². The van der Waals surface area contributed by atoms with E-state index in [0.717, 1.165) is 0 Å². The van der Waals surface area contributed by atoms with E-state index < -0.39 is 17.5 Å². The zero-order valence-electron chi connectivity index (χ0n) is 18.8. The SMILES string of the molecule is CCc1nc(-c2ncn[nH]2)sc1C(=O)Nc1cccc2c(=O)n(C3CCC(=O)NC3=O)c(C)nc12. The number of thiazole rings is 1. The number of carbonyl (C=O) groups excluding carboxylic acids is 3. The van der Waals surface area contributed by atoms with Crippen molar-refractivity contribution in [2.24, 2.45) is 0 Å². The number of anilines is 1. The van der Waals surface area contributed by atoms with Crippen LogP contribution in [0.15, 0.2) is 29.3 Å². The van der Waals surface area contributed by atoms with E-state index in [1.54, 1.807) is 25.1 Å². The molecular weight excluding hydrogens is 472 g/mol. The van der Waals surface area contributed by atoms with Gasteiger partial charge in [-0.3, -0.25) is 34.2 Å². The van der Waals surface area contributed by atoms with Gasteiger partial charge in [0.25, 0.3) is 11.5 Å². The van der Waals surface area contributed by atoms with Crippen LogP contribution in [-0.2, 0) is 16.0 Å². The van der Waals surface area contributed by atoms with Gasteiger partial charge >= 0.3 is 0 Å². The van der Waals surface area contributed by atoms with Gasteiger partial charge < -0.3 is 5.32 Å². The molecule has 0 aliphatic carbocycles. The topological polar surface area (TPSA) is 165 Å². The zero-order chi connectivity index (χ0) is 24.7. The molecule has 3 amide bonds. The number of fused-ring (bicyclic) bond motifs is 1. The van der Waals surface area contributed by atoms with Crippen molar-refractivity contribution in [3.05, 3.63) is 51.3 Å². The van der Waals surface area contributed by atoms with E-state index in [-0.39, 0.29) is 30.0 Å². The van der Waals surface area contributed by atoms with Gasteiger partial charge in [-0.05, 0) is 31.9 Å². The molecule has 1 saturated heterocycles. The molecule has 1 unspecified atom stereocenters. The number of aromatic nitrogens is 6. The number of H-pyrrole nitrogens is 1. The van der Waals surface area contributed by atoms with Crippen molar-refractivity contribution >= 4 is 45.6 Å². The molecule has 4 aromatic rings. The number of carbonyl (C=O) groups is 3. The van der Waals surface area contributed by atoms with Crippen LogP contribution in [0.3, 0.4) is 0 Å². The van der Waals surface area contributed by atoms with Gasteiger partial charge in [0.05, 0.1) is 16.8 Å². The number of imide groups is 1. The summed E-state index contributed by atoms with van der Waals surface area (Å²) in [4.78, 5) is 64.0. The molecule has 12 nitrogen and oxygen atoms in total. The number of para-hydroxylation sites is 1. The van der Waals surface area contributed by atoms with Crippen molar-refractivity contribution in [1.82, 2.24) is 35.0 Å². The Labute approximate surface area is 201 Å². The first-order valence-electron chi connectivity index (χ1n) is 10.9. The number of nitrogens with zero attached hydrogens (tertiary/aromatic N) is 5. The molecule has 178 valence electrons. The minimum atomic E-state index is -0.825. The van der Waals surface area contributed by atoms with Crippen molar-refractivity contribution in [2.45, 2.75) is 39.2 Å². The maximum absolute atomic E-state index is 13.3. The summed E-state index contributed by atoms with van der Waals surface area (Å²) < 4.78 is 1.30. The van der Waals surface area contributed by atoms with Crippen molar-refractivity contribution in [1.29, 1.82) is 0 Å². The fourth-order valence-electron chi connectivity index (χ4n) is 4.08. The highest BCUT2D eigenvalue weighted by atomic mass is 32.1. The molecular formula is C22H20N8O4S. The Morgan fingerprint density at radius 2 is 2.09 bits per heavy atom. The third kappa shape index (κ3) is 3.99. The first kappa shape index (κ1) is 22.5. The molecule has 1 atom stereocenters. The normalized spacial score (nSPS) is 15.9. The number of aryl methyl sites for hydroxylation is 2. The lowest BCUT2D eigenvalue weighted by molar-refractivity contribution is -0.135. The lowest BCUT2D eigenvalue weighted by atomic mass is 10.1. The smallest absolute Gasteiger partial charge is 0.267 e. The molecule has 0 radical (unpaired) electrons. The van der Waals surface area contributed by atoms with Crippen LogP contribution in [0.1, 0.15) is 47.0 Å². The zero-order valence-corrected chi connectivity index (χ0v) is 19.6. The summed E-state index contributed by atoms with van der Waals surface area (Å²) in [5.41, 5.74) is 0.867. The standard InChI is InChI=1S/C22H20N8O4S/c1-3-12-17(35-21(27-12)18-23-9-24-29-18)20(33)26-13-6-4-5-11-16(13)25-10(2)30(22(11)34)14-7-8-15(31)28-19(14)32/h4-6,9,14H,3,7-8H2,1-2H3,(H,26,33)(H,23,24,29)(H,28,31,32). The van der Waals surface area contributed by atoms with Crippen LogP contribution in [0.25, 0.3) is 21.7 Å². The molecule has 5 rings (SSSR count). The van der Waals surface area contributed by atoms with E-state index in [9.17, 15) is 19.2 Å². The van der Waals surface area contributed by atoms with E-state index in [2.05, 4.69) is 35.8 Å². The minimum absolute atomic E-state index is 0.140. The van der Waals surface area contributed by atoms with Gasteiger partial charge in [-0.25, -0.2) is 15.0 Å². The summed E-state index contributed by atoms with van der Waals surface area (Å²) >= 11 is 1.19. The number of benzene rings is 1. The molecule has 35 heavy (non-hydrogen) atoms. The van der Waals surface area contributed by atoms with Crippen LogP contribution in [-0.4, -0.2) is 47.4 Å². The quantitative estimate of drug-likeness (QED) is 0.355. The summed E-state index contributed by atoms with van der Waals surface area (Å²) in [5, 5.41) is 12.5. The molecule has 3 N–H and O–H groups in total. The fraction of sp³-hybridized carbons (Fsp3) is 0.273. The number of nitrogens with one attached hydrogen (secondary N) is 3. The fourth-order valence-corrected chi connectivity index (χ4v) is 5.08. The highest BCUT2D eigenvalue weighted by Gasteiger charge is 2.31. The maximum atomic E-state index is 13.3. The van der Waals surface area contributed by atoms with Crippen molar-refractivity contribution < 1.29 is 14.4 Å². The third-order valence-corrected chi connectivity index (χ3v) is 6.84. The predicted molar refractivity (Wildman–Crippen MR) is 127 cm³/mol. The maximum Gasteiger partial charge on any atom is 0.267 e. The second kappa shape index (κ2) is 8.83. The lowest BCUT2D eigenvalue weighted by Crippen LogP contribution is -2.45. The van der Waals surface area contributed by atoms with Gasteiger partial charge in [-0.2, -0.15) is 5.10 Å². The second-order valence-electron chi connectivity index (χ2n) is 7.94. The van der Waals surface area contributed by atoms with Crippen LogP contribution >= 0.6 is 11.3 Å². The highest BCUT2D eigenvalue weighted by molar-refractivity contribution is 7.17. The van der Waals surface area contributed by atoms with Gasteiger partial charge in [-0.1, -0.05) is 13.0 Å². The second-order valence-corrected chi connectivity index (χ2v) is 8.94. The predicted octanol–water partition coefficient (Wildman–Crippen LogP) is 1.74. The average Bonchev–Trinajstić information content (AvgIpc) is 3.51. The number of hydrogen-bond donors (Lipinski definition) is 3. The van der Waals surface area contributed by atoms with Crippen molar-refractivity contribution in [3.8, 4) is 10.8 Å². The molecule has 4 heterocycles. The van der Waals surface area contributed by atoms with E-state index in [4.69, 9.17) is 0 Å². The summed E-state index contributed by atoms with van der Waals surface area (Å²) in [6, 6.07) is 4.06. The minimum Gasteiger partial charge on any atom is -0.319 e. The van der Waals surface area contributed by atoms with Crippen molar-refractivity contribution in [2.75, 3.05) is 5.32 Å². The largest absolute Gasteiger partial charge is 0.319 e. The van der Waals surface area contributed by atoms with Crippen LogP contribution < -0.4 is 16.2 Å². The monoisotopic (exact) mass is 492 g/mol. The third-order valence-electron chi connectivity index (χ3n) is 5.73. The average molecular weight is 493 g/mol. The summed E-state index contributed by atoms with van der Waals surface area (Å²) in [6.07, 6.45) is 2.26. The number of rotatable bonds is 5. The number of piperidine rings is 1. The van der Waals surface area contributed by atoms with Gasteiger partial charge in [0.15, 0.2) is 10.8 Å². The Balaban J connectivity index is 1.52. The van der Waals surface area contributed by atoms with E-state index in [1.165, 1.54) is 22.2 Å². The molecule has 1 aliphatic heterocycles. The Morgan fingerprint density at radius 3 is 2.80 bits per heavy atom. The molecule has 1 fully saturated rings. The van der Waals surface area contributed by atoms with Crippen LogP contribution in [0.5, 0.6) is 0 Å². The number of amides is 3. The summed E-state index contributed by atoms with van der Waals surface area (Å²) in [5.74, 6) is -0.501. The molecule has 3 aromatic heterocycles. The van der Waals surface area contributed by atoms with Crippen LogP contribution in [0.2, 0.25) is 0 Å². The van der Waals surface area contributed by atoms with E-state index >= 15 is 0 Å². The Morgan fingerprint density at radius 1 is 1.26 bits per heavy atom. The van der Waals surface area contributed by atoms with Gasteiger partial charge in [0.1, 0.15) is 28.6 Å².